The van der Waals surface area contributed by atoms with E-state index in [1.165, 1.54) is 0 Å². The first-order valence-corrected chi connectivity index (χ1v) is 9.88. The number of nitrogens with zero attached hydrogens (tertiary/aromatic N) is 3. The summed E-state index contributed by atoms with van der Waals surface area (Å²) >= 11 is 5.88. The molecule has 0 radical (unpaired) electrons. The first kappa shape index (κ1) is 20.3. The zero-order valence-corrected chi connectivity index (χ0v) is 17.1. The Kier molecular flexibility index (Phi) is 6.34. The van der Waals surface area contributed by atoms with E-state index in [4.69, 9.17) is 16.1 Å². The van der Waals surface area contributed by atoms with Crippen LogP contribution in [0.5, 0.6) is 0 Å². The van der Waals surface area contributed by atoms with Gasteiger partial charge in [-0.05, 0) is 49.9 Å². The third-order valence-electron chi connectivity index (χ3n) is 4.95. The van der Waals surface area contributed by atoms with Crippen LogP contribution in [0, 0.1) is 12.8 Å². The fourth-order valence-electron chi connectivity index (χ4n) is 3.39. The number of aromatic nitrogens is 2. The average Bonchev–Trinajstić information content (AvgIpc) is 3.12. The minimum atomic E-state index is -0.605. The minimum Gasteiger partial charge on any atom is -0.340 e. The van der Waals surface area contributed by atoms with Crippen LogP contribution in [-0.4, -0.2) is 46.0 Å². The van der Waals surface area contributed by atoms with Crippen molar-refractivity contribution in [2.45, 2.75) is 45.6 Å². The maximum Gasteiger partial charge on any atom is 0.251 e. The minimum absolute atomic E-state index is 0.0266. The molecule has 2 unspecified atom stereocenters. The van der Waals surface area contributed by atoms with Crippen LogP contribution in [0.15, 0.2) is 28.8 Å². The molecular weight excluding hydrogens is 380 g/mol. The molecule has 8 heteroatoms. The number of aryl methyl sites for hydroxylation is 1. The van der Waals surface area contributed by atoms with Crippen molar-refractivity contribution in [3.8, 4) is 0 Å². The van der Waals surface area contributed by atoms with Gasteiger partial charge in [0.15, 0.2) is 5.82 Å². The molecule has 1 N–H and O–H groups in total. The third-order valence-corrected chi connectivity index (χ3v) is 5.20. The van der Waals surface area contributed by atoms with Crippen molar-refractivity contribution in [1.82, 2.24) is 20.4 Å². The number of benzene rings is 1. The number of hydrogen-bond donors (Lipinski definition) is 1. The Balaban J connectivity index is 1.69. The van der Waals surface area contributed by atoms with Gasteiger partial charge in [0.1, 0.15) is 6.04 Å². The number of carbonyl (C=O) groups excluding carboxylic acids is 2. The number of likely N-dealkylation sites (tertiary alicyclic amines) is 1. The highest BCUT2D eigenvalue weighted by Crippen LogP contribution is 2.26. The summed E-state index contributed by atoms with van der Waals surface area (Å²) in [5.74, 6) is 0.770. The molecule has 0 spiro atoms. The molecule has 2 amide bonds. The Morgan fingerprint density at radius 1 is 1.29 bits per heavy atom. The summed E-state index contributed by atoms with van der Waals surface area (Å²) in [6.45, 7) is 6.80. The highest BCUT2D eigenvalue weighted by atomic mass is 35.5. The maximum atomic E-state index is 13.2. The highest BCUT2D eigenvalue weighted by Gasteiger charge is 2.33. The Bertz CT molecular complexity index is 834. The van der Waals surface area contributed by atoms with Gasteiger partial charge < -0.3 is 14.7 Å². The second-order valence-electron chi connectivity index (χ2n) is 7.51. The van der Waals surface area contributed by atoms with Gasteiger partial charge in [0.05, 0.1) is 5.92 Å². The molecule has 2 aromatic rings. The molecule has 1 aromatic heterocycles. The molecule has 2 atom stereocenters. The number of halogens is 1. The molecule has 150 valence electrons. The van der Waals surface area contributed by atoms with Crippen molar-refractivity contribution in [3.63, 3.8) is 0 Å². The first-order chi connectivity index (χ1) is 13.3. The van der Waals surface area contributed by atoms with Gasteiger partial charge in [-0.2, -0.15) is 4.98 Å². The summed E-state index contributed by atoms with van der Waals surface area (Å²) in [5, 5.41) is 7.29. The monoisotopic (exact) mass is 404 g/mol. The molecule has 2 heterocycles. The van der Waals surface area contributed by atoms with E-state index in [2.05, 4.69) is 15.5 Å². The van der Waals surface area contributed by atoms with Crippen molar-refractivity contribution in [2.24, 2.45) is 5.92 Å². The Hall–Kier alpha value is -2.41. The molecule has 1 aliphatic heterocycles. The van der Waals surface area contributed by atoms with Crippen molar-refractivity contribution in [1.29, 1.82) is 0 Å². The average molecular weight is 405 g/mol. The molecule has 1 fully saturated rings. The third kappa shape index (κ3) is 4.70. The summed E-state index contributed by atoms with van der Waals surface area (Å²) in [6, 6.07) is 6.00. The molecular formula is C20H25ClN4O3. The normalized spacial score (nSPS) is 18.2. The zero-order chi connectivity index (χ0) is 20.3. The molecule has 1 aliphatic rings. The van der Waals surface area contributed by atoms with Gasteiger partial charge in [0.25, 0.3) is 5.91 Å². The van der Waals surface area contributed by atoms with Crippen LogP contribution in [0.25, 0.3) is 0 Å². The lowest BCUT2D eigenvalue weighted by molar-refractivity contribution is -0.135. The van der Waals surface area contributed by atoms with Crippen molar-refractivity contribution >= 4 is 23.4 Å². The second kappa shape index (κ2) is 8.73. The number of hydrogen-bond acceptors (Lipinski definition) is 5. The van der Waals surface area contributed by atoms with E-state index in [1.54, 1.807) is 36.1 Å². The highest BCUT2D eigenvalue weighted by molar-refractivity contribution is 6.30. The lowest BCUT2D eigenvalue weighted by Gasteiger charge is -2.35. The smallest absolute Gasteiger partial charge is 0.251 e. The molecule has 0 saturated carbocycles. The molecule has 1 aromatic carbocycles. The largest absolute Gasteiger partial charge is 0.340 e. The lowest BCUT2D eigenvalue weighted by atomic mass is 9.95. The van der Waals surface area contributed by atoms with Gasteiger partial charge in [-0.25, -0.2) is 0 Å². The number of nitrogens with one attached hydrogen (secondary N) is 1. The van der Waals surface area contributed by atoms with Crippen LogP contribution in [-0.2, 0) is 4.79 Å². The van der Waals surface area contributed by atoms with Gasteiger partial charge in [0.2, 0.25) is 11.8 Å². The fourth-order valence-corrected chi connectivity index (χ4v) is 3.52. The van der Waals surface area contributed by atoms with E-state index in [-0.39, 0.29) is 23.7 Å². The number of piperidine rings is 1. The standard InChI is InChI=1S/C20H25ClN4O3/c1-12(2)17(23-18(26)14-6-8-16(21)9-7-14)20(27)25-10-4-5-15(11-25)19-22-13(3)24-28-19/h6-9,12,15,17H,4-5,10-11H2,1-3H3,(H,23,26). The molecule has 7 nitrogen and oxygen atoms in total. The van der Waals surface area contributed by atoms with E-state index >= 15 is 0 Å². The Morgan fingerprint density at radius 2 is 2.00 bits per heavy atom. The quantitative estimate of drug-likeness (QED) is 0.826. The van der Waals surface area contributed by atoms with Crippen molar-refractivity contribution in [3.05, 3.63) is 46.6 Å². The summed E-state index contributed by atoms with van der Waals surface area (Å²) in [7, 11) is 0. The topological polar surface area (TPSA) is 88.3 Å². The molecule has 3 rings (SSSR count). The van der Waals surface area contributed by atoms with Gasteiger partial charge in [-0.15, -0.1) is 0 Å². The van der Waals surface area contributed by atoms with Gasteiger partial charge in [-0.3, -0.25) is 9.59 Å². The van der Waals surface area contributed by atoms with Crippen LogP contribution in [0.3, 0.4) is 0 Å². The van der Waals surface area contributed by atoms with Crippen LogP contribution in [0.4, 0.5) is 0 Å². The predicted molar refractivity (Wildman–Crippen MR) is 105 cm³/mol. The van der Waals surface area contributed by atoms with E-state index in [1.807, 2.05) is 13.8 Å². The SMILES string of the molecule is Cc1noc(C2CCCN(C(=O)C(NC(=O)c3ccc(Cl)cc3)C(C)C)C2)n1. The van der Waals surface area contributed by atoms with Gasteiger partial charge in [0, 0.05) is 23.7 Å². The molecule has 28 heavy (non-hydrogen) atoms. The molecule has 0 bridgehead atoms. The van der Waals surface area contributed by atoms with Crippen molar-refractivity contribution in [2.75, 3.05) is 13.1 Å². The first-order valence-electron chi connectivity index (χ1n) is 9.50. The maximum absolute atomic E-state index is 13.2. The van der Waals surface area contributed by atoms with Crippen LogP contribution in [0.2, 0.25) is 5.02 Å². The van der Waals surface area contributed by atoms with E-state index in [0.29, 0.717) is 35.4 Å². The Labute approximate surface area is 169 Å². The van der Waals surface area contributed by atoms with E-state index in [0.717, 1.165) is 12.8 Å². The summed E-state index contributed by atoms with van der Waals surface area (Å²) in [5.41, 5.74) is 0.473. The number of carbonyl (C=O) groups is 2. The van der Waals surface area contributed by atoms with Crippen LogP contribution < -0.4 is 5.32 Å². The summed E-state index contributed by atoms with van der Waals surface area (Å²) in [4.78, 5) is 31.9. The summed E-state index contributed by atoms with van der Waals surface area (Å²) < 4.78 is 5.29. The van der Waals surface area contributed by atoms with Crippen LogP contribution >= 0.6 is 11.6 Å². The van der Waals surface area contributed by atoms with Gasteiger partial charge >= 0.3 is 0 Å². The molecule has 0 aliphatic carbocycles. The number of rotatable bonds is 5. The predicted octanol–water partition coefficient (Wildman–Crippen LogP) is 3.19. The van der Waals surface area contributed by atoms with Crippen molar-refractivity contribution < 1.29 is 14.1 Å². The Morgan fingerprint density at radius 3 is 2.61 bits per heavy atom. The van der Waals surface area contributed by atoms with E-state index in [9.17, 15) is 9.59 Å². The molecule has 1 saturated heterocycles. The number of amides is 2. The zero-order valence-electron chi connectivity index (χ0n) is 16.3. The lowest BCUT2D eigenvalue weighted by Crippen LogP contribution is -2.53. The summed E-state index contributed by atoms with van der Waals surface area (Å²) in [6.07, 6.45) is 1.75. The second-order valence-corrected chi connectivity index (χ2v) is 7.94. The van der Waals surface area contributed by atoms with E-state index < -0.39 is 6.04 Å². The van der Waals surface area contributed by atoms with Gasteiger partial charge in [-0.1, -0.05) is 30.6 Å². The fraction of sp³-hybridized carbons (Fsp3) is 0.500. The van der Waals surface area contributed by atoms with Crippen LogP contribution in [0.1, 0.15) is 54.7 Å².